The molecule has 0 bridgehead atoms. The third kappa shape index (κ3) is 4.12. The van der Waals surface area contributed by atoms with E-state index in [0.717, 1.165) is 25.0 Å². The number of hydrogen-bond donors (Lipinski definition) is 1. The molecular formula is C16H17F2NO4. The molecule has 5 nitrogen and oxygen atoms in total. The van der Waals surface area contributed by atoms with E-state index in [1.807, 2.05) is 0 Å². The van der Waals surface area contributed by atoms with Crippen LogP contribution in [-0.2, 0) is 9.59 Å². The summed E-state index contributed by atoms with van der Waals surface area (Å²) >= 11 is 0. The van der Waals surface area contributed by atoms with Crippen molar-refractivity contribution in [1.29, 1.82) is 0 Å². The second-order valence-corrected chi connectivity index (χ2v) is 5.59. The molecule has 0 saturated heterocycles. The second-order valence-electron chi connectivity index (χ2n) is 5.59. The van der Waals surface area contributed by atoms with Crippen LogP contribution in [0.1, 0.15) is 43.0 Å². The zero-order valence-electron chi connectivity index (χ0n) is 12.6. The van der Waals surface area contributed by atoms with E-state index in [1.165, 1.54) is 11.8 Å². The van der Waals surface area contributed by atoms with Gasteiger partial charge in [-0.1, -0.05) is 0 Å². The van der Waals surface area contributed by atoms with Crippen LogP contribution in [0.25, 0.3) is 0 Å². The highest BCUT2D eigenvalue weighted by atomic mass is 19.1. The smallest absolute Gasteiger partial charge is 0.326 e. The fourth-order valence-corrected chi connectivity index (χ4v) is 2.41. The molecule has 1 unspecified atom stereocenters. The molecule has 1 saturated carbocycles. The average Bonchev–Trinajstić information content (AvgIpc) is 3.29. The molecule has 1 aliphatic carbocycles. The average molecular weight is 325 g/mol. The molecule has 1 aromatic carbocycles. The fraction of sp³-hybridized carbons (Fsp3) is 0.438. The molecule has 0 aromatic heterocycles. The minimum atomic E-state index is -1.11. The Kier molecular flexibility index (Phi) is 5.08. The predicted octanol–water partition coefficient (Wildman–Crippen LogP) is 2.39. The first-order valence-electron chi connectivity index (χ1n) is 7.33. The molecule has 124 valence electrons. The predicted molar refractivity (Wildman–Crippen MR) is 76.9 cm³/mol. The zero-order chi connectivity index (χ0) is 17.1. The number of hydrogen-bond acceptors (Lipinski definition) is 3. The van der Waals surface area contributed by atoms with Gasteiger partial charge in [0.15, 0.2) is 5.78 Å². The van der Waals surface area contributed by atoms with Crippen molar-refractivity contribution in [3.63, 3.8) is 0 Å². The number of Topliss-reactive ketones (excluding diaryl/α,β-unsaturated/α-hetero) is 1. The Labute approximate surface area is 131 Å². The lowest BCUT2D eigenvalue weighted by Crippen LogP contribution is -2.44. The third-order valence-corrected chi connectivity index (χ3v) is 3.80. The van der Waals surface area contributed by atoms with Crippen LogP contribution in [0.15, 0.2) is 18.2 Å². The van der Waals surface area contributed by atoms with Gasteiger partial charge < -0.3 is 10.0 Å². The summed E-state index contributed by atoms with van der Waals surface area (Å²) in [5, 5.41) is 9.05. The highest BCUT2D eigenvalue weighted by Gasteiger charge is 2.38. The van der Waals surface area contributed by atoms with Gasteiger partial charge in [0, 0.05) is 24.9 Å². The Morgan fingerprint density at radius 1 is 1.26 bits per heavy atom. The number of ketones is 1. The van der Waals surface area contributed by atoms with Crippen LogP contribution in [0, 0.1) is 11.6 Å². The van der Waals surface area contributed by atoms with Gasteiger partial charge in [-0.2, -0.15) is 0 Å². The number of amides is 1. The second kappa shape index (κ2) is 6.85. The number of carboxylic acid groups (broad SMARTS) is 1. The Bertz CT molecular complexity index is 643. The normalized spacial score (nSPS) is 15.1. The lowest BCUT2D eigenvalue weighted by atomic mass is 10.0. The van der Waals surface area contributed by atoms with Crippen LogP contribution >= 0.6 is 0 Å². The van der Waals surface area contributed by atoms with E-state index in [1.54, 1.807) is 0 Å². The summed E-state index contributed by atoms with van der Waals surface area (Å²) in [6.45, 7) is 1.42. The molecule has 1 N–H and O–H groups in total. The number of halogens is 2. The van der Waals surface area contributed by atoms with Gasteiger partial charge in [-0.25, -0.2) is 13.6 Å². The Morgan fingerprint density at radius 2 is 1.91 bits per heavy atom. The van der Waals surface area contributed by atoms with Gasteiger partial charge in [0.1, 0.15) is 17.7 Å². The maximum absolute atomic E-state index is 13.5. The van der Waals surface area contributed by atoms with Crippen molar-refractivity contribution in [3.8, 4) is 0 Å². The van der Waals surface area contributed by atoms with Crippen molar-refractivity contribution in [3.05, 3.63) is 35.4 Å². The lowest BCUT2D eigenvalue weighted by molar-refractivity contribution is -0.150. The Morgan fingerprint density at radius 3 is 2.43 bits per heavy atom. The minimum Gasteiger partial charge on any atom is -0.480 e. The molecule has 0 heterocycles. The van der Waals surface area contributed by atoms with E-state index in [9.17, 15) is 23.2 Å². The first kappa shape index (κ1) is 17.1. The van der Waals surface area contributed by atoms with Crippen molar-refractivity contribution in [2.75, 3.05) is 0 Å². The molecule has 23 heavy (non-hydrogen) atoms. The SMILES string of the molecule is CC(C(=O)O)N(C(=O)CCC(=O)c1ccc(F)cc1F)C1CC1. The van der Waals surface area contributed by atoms with Crippen LogP contribution in [0.5, 0.6) is 0 Å². The van der Waals surface area contributed by atoms with Crippen molar-refractivity contribution >= 4 is 17.7 Å². The quantitative estimate of drug-likeness (QED) is 0.781. The molecular weight excluding hydrogens is 308 g/mol. The van der Waals surface area contributed by atoms with E-state index in [2.05, 4.69) is 0 Å². The minimum absolute atomic E-state index is 0.105. The molecule has 1 amide bonds. The number of carboxylic acids is 1. The summed E-state index contributed by atoms with van der Waals surface area (Å²) in [5.41, 5.74) is -0.275. The van der Waals surface area contributed by atoms with Crippen LogP contribution in [0.2, 0.25) is 0 Å². The van der Waals surface area contributed by atoms with Crippen molar-refractivity contribution in [2.24, 2.45) is 0 Å². The monoisotopic (exact) mass is 325 g/mol. The van der Waals surface area contributed by atoms with Crippen molar-refractivity contribution in [1.82, 2.24) is 4.90 Å². The van der Waals surface area contributed by atoms with Crippen LogP contribution < -0.4 is 0 Å². The summed E-state index contributed by atoms with van der Waals surface area (Å²) in [6.07, 6.45) is 1.02. The highest BCUT2D eigenvalue weighted by Crippen LogP contribution is 2.29. The Hall–Kier alpha value is -2.31. The molecule has 0 aliphatic heterocycles. The first-order valence-corrected chi connectivity index (χ1v) is 7.33. The van der Waals surface area contributed by atoms with Crippen molar-refractivity contribution < 1.29 is 28.3 Å². The van der Waals surface area contributed by atoms with E-state index in [-0.39, 0.29) is 24.4 Å². The summed E-state index contributed by atoms with van der Waals surface area (Å²) in [7, 11) is 0. The molecule has 2 rings (SSSR count). The third-order valence-electron chi connectivity index (χ3n) is 3.80. The Balaban J connectivity index is 1.99. The van der Waals surface area contributed by atoms with Gasteiger partial charge in [0.25, 0.3) is 0 Å². The van der Waals surface area contributed by atoms with Gasteiger partial charge in [0.05, 0.1) is 5.56 Å². The highest BCUT2D eigenvalue weighted by molar-refractivity contribution is 5.98. The molecule has 0 spiro atoms. The number of carbonyl (C=O) groups is 3. The summed E-state index contributed by atoms with van der Waals surface area (Å²) in [4.78, 5) is 36.5. The number of benzene rings is 1. The molecule has 1 aromatic rings. The number of carbonyl (C=O) groups excluding carboxylic acids is 2. The van der Waals surface area contributed by atoms with Crippen LogP contribution in [-0.4, -0.2) is 39.7 Å². The fourth-order valence-electron chi connectivity index (χ4n) is 2.41. The molecule has 0 radical (unpaired) electrons. The van der Waals surface area contributed by atoms with Crippen LogP contribution in [0.4, 0.5) is 8.78 Å². The number of nitrogens with zero attached hydrogens (tertiary/aromatic N) is 1. The van der Waals surface area contributed by atoms with E-state index in [4.69, 9.17) is 5.11 Å². The van der Waals surface area contributed by atoms with E-state index >= 15 is 0 Å². The van der Waals surface area contributed by atoms with E-state index < -0.39 is 35.3 Å². The first-order chi connectivity index (χ1) is 10.8. The van der Waals surface area contributed by atoms with Gasteiger partial charge in [-0.15, -0.1) is 0 Å². The van der Waals surface area contributed by atoms with Crippen molar-refractivity contribution in [2.45, 2.75) is 44.7 Å². The number of rotatable bonds is 7. The molecule has 7 heteroatoms. The lowest BCUT2D eigenvalue weighted by Gasteiger charge is -2.26. The van der Waals surface area contributed by atoms with Crippen LogP contribution in [0.3, 0.4) is 0 Å². The van der Waals surface area contributed by atoms with Gasteiger partial charge >= 0.3 is 5.97 Å². The van der Waals surface area contributed by atoms with Gasteiger partial charge in [0.2, 0.25) is 5.91 Å². The maximum atomic E-state index is 13.5. The summed E-state index contributed by atoms with van der Waals surface area (Å²) in [6, 6.07) is 1.55. The summed E-state index contributed by atoms with van der Waals surface area (Å²) in [5.74, 6) is -3.93. The molecule has 1 atom stereocenters. The largest absolute Gasteiger partial charge is 0.480 e. The standard InChI is InChI=1S/C16H17F2NO4/c1-9(16(22)23)19(11-3-4-11)15(21)7-6-14(20)12-5-2-10(17)8-13(12)18/h2,5,8-9,11H,3-4,6-7H2,1H3,(H,22,23). The summed E-state index contributed by atoms with van der Waals surface area (Å²) < 4.78 is 26.3. The van der Waals surface area contributed by atoms with Gasteiger partial charge in [-0.3, -0.25) is 9.59 Å². The number of aliphatic carboxylic acids is 1. The topological polar surface area (TPSA) is 74.7 Å². The molecule has 1 fully saturated rings. The molecule has 1 aliphatic rings. The van der Waals surface area contributed by atoms with E-state index in [0.29, 0.717) is 6.07 Å². The van der Waals surface area contributed by atoms with Gasteiger partial charge in [-0.05, 0) is 31.9 Å². The maximum Gasteiger partial charge on any atom is 0.326 e. The zero-order valence-corrected chi connectivity index (χ0v) is 12.6.